The summed E-state index contributed by atoms with van der Waals surface area (Å²) in [6.07, 6.45) is 0. The van der Waals surface area contributed by atoms with Gasteiger partial charge in [0.05, 0.1) is 5.52 Å². The topological polar surface area (TPSA) is 82.6 Å². The van der Waals surface area contributed by atoms with Crippen LogP contribution in [0, 0.1) is 0 Å². The van der Waals surface area contributed by atoms with Crippen LogP contribution in [0.15, 0.2) is 18.2 Å². The number of esters is 1. The Morgan fingerprint density at radius 2 is 1.95 bits per heavy atom. The Balaban J connectivity index is 2.65. The van der Waals surface area contributed by atoms with Crippen LogP contribution in [0.2, 0.25) is 0 Å². The van der Waals surface area contributed by atoms with E-state index in [1.807, 2.05) is 19.0 Å². The van der Waals surface area contributed by atoms with Gasteiger partial charge in [0, 0.05) is 44.2 Å². The summed E-state index contributed by atoms with van der Waals surface area (Å²) in [4.78, 5) is 26.6. The first-order valence-electron chi connectivity index (χ1n) is 5.64. The molecule has 0 aliphatic rings. The molecule has 2 aromatic rings. The molecule has 0 aliphatic carbocycles. The third kappa shape index (κ3) is 2.52. The van der Waals surface area contributed by atoms with E-state index in [2.05, 4.69) is 4.98 Å². The van der Waals surface area contributed by atoms with E-state index < -0.39 is 11.9 Å². The number of carbonyl (C=O) groups is 2. The lowest BCUT2D eigenvalue weighted by Gasteiger charge is -2.15. The van der Waals surface area contributed by atoms with Gasteiger partial charge in [0.15, 0.2) is 0 Å². The Morgan fingerprint density at radius 1 is 1.26 bits per heavy atom. The van der Waals surface area contributed by atoms with E-state index in [-0.39, 0.29) is 5.69 Å². The molecule has 1 aromatic carbocycles. The molecule has 0 spiro atoms. The van der Waals surface area contributed by atoms with Crippen LogP contribution in [0.3, 0.4) is 0 Å². The molecule has 0 unspecified atom stereocenters. The first-order chi connectivity index (χ1) is 8.88. The summed E-state index contributed by atoms with van der Waals surface area (Å²) in [7, 11) is 3.67. The molecule has 0 fully saturated rings. The fourth-order valence-electron chi connectivity index (χ4n) is 1.90. The highest BCUT2D eigenvalue weighted by molar-refractivity contribution is 6.00. The molecule has 2 N–H and O–H groups in total. The van der Waals surface area contributed by atoms with Crippen molar-refractivity contribution in [2.24, 2.45) is 0 Å². The van der Waals surface area contributed by atoms with Crippen molar-refractivity contribution in [1.29, 1.82) is 0 Å². The molecule has 0 amide bonds. The van der Waals surface area contributed by atoms with Gasteiger partial charge in [-0.3, -0.25) is 4.79 Å². The highest BCUT2D eigenvalue weighted by Crippen LogP contribution is 2.31. The van der Waals surface area contributed by atoms with Gasteiger partial charge in [-0.05, 0) is 6.07 Å². The summed E-state index contributed by atoms with van der Waals surface area (Å²) >= 11 is 0. The highest BCUT2D eigenvalue weighted by Gasteiger charge is 2.14. The van der Waals surface area contributed by atoms with Crippen LogP contribution in [0.4, 0.5) is 5.69 Å². The van der Waals surface area contributed by atoms with E-state index in [1.165, 1.54) is 6.92 Å². The molecular formula is C13H14N2O4. The van der Waals surface area contributed by atoms with Crippen molar-refractivity contribution < 1.29 is 19.4 Å². The lowest BCUT2D eigenvalue weighted by atomic mass is 10.2. The normalized spacial score (nSPS) is 10.5. The largest absolute Gasteiger partial charge is 0.477 e. The number of nitrogens with zero attached hydrogens (tertiary/aromatic N) is 1. The molecule has 6 heteroatoms. The summed E-state index contributed by atoms with van der Waals surface area (Å²) < 4.78 is 5.05. The number of ether oxygens (including phenoxy) is 1. The van der Waals surface area contributed by atoms with Crippen LogP contribution in [0.1, 0.15) is 17.4 Å². The van der Waals surface area contributed by atoms with Crippen LogP contribution in [0.5, 0.6) is 5.75 Å². The van der Waals surface area contributed by atoms with Crippen LogP contribution in [0.25, 0.3) is 10.9 Å². The SMILES string of the molecule is CC(=O)Oc1cc(N(C)C)c2cc(C(=O)O)[nH]c2c1. The smallest absolute Gasteiger partial charge is 0.352 e. The zero-order valence-electron chi connectivity index (χ0n) is 10.9. The number of carbonyl (C=O) groups excluding carboxylic acids is 1. The number of carboxylic acids is 1. The molecule has 19 heavy (non-hydrogen) atoms. The minimum Gasteiger partial charge on any atom is -0.477 e. The summed E-state index contributed by atoms with van der Waals surface area (Å²) in [5.74, 6) is -1.08. The fraction of sp³-hybridized carbons (Fsp3) is 0.231. The van der Waals surface area contributed by atoms with Crippen LogP contribution < -0.4 is 9.64 Å². The Bertz CT molecular complexity index is 658. The minimum absolute atomic E-state index is 0.0954. The van der Waals surface area contributed by atoms with Crippen LogP contribution in [-0.4, -0.2) is 36.1 Å². The Labute approximate surface area is 109 Å². The van der Waals surface area contributed by atoms with Crippen molar-refractivity contribution in [3.05, 3.63) is 23.9 Å². The quantitative estimate of drug-likeness (QED) is 0.651. The summed E-state index contributed by atoms with van der Waals surface area (Å²) in [5.41, 5.74) is 1.48. The van der Waals surface area contributed by atoms with Gasteiger partial charge in [-0.1, -0.05) is 0 Å². The second kappa shape index (κ2) is 4.64. The second-order valence-corrected chi connectivity index (χ2v) is 4.38. The molecule has 100 valence electrons. The number of aromatic carboxylic acids is 1. The molecule has 1 heterocycles. The zero-order chi connectivity index (χ0) is 14.2. The molecular weight excluding hydrogens is 248 g/mol. The van der Waals surface area contributed by atoms with Crippen molar-refractivity contribution in [1.82, 2.24) is 4.98 Å². The summed E-state index contributed by atoms with van der Waals surface area (Å²) in [6.45, 7) is 1.32. The number of benzene rings is 1. The van der Waals surface area contributed by atoms with E-state index in [0.29, 0.717) is 11.3 Å². The predicted octanol–water partition coefficient (Wildman–Crippen LogP) is 1.86. The molecule has 0 bridgehead atoms. The second-order valence-electron chi connectivity index (χ2n) is 4.38. The summed E-state index contributed by atoms with van der Waals surface area (Å²) in [5, 5.41) is 9.76. The van der Waals surface area contributed by atoms with Crippen molar-refractivity contribution in [2.75, 3.05) is 19.0 Å². The third-order valence-electron chi connectivity index (χ3n) is 2.66. The standard InChI is InChI=1S/C13H14N2O4/c1-7(16)19-8-4-10-9(12(5-8)15(2)3)6-11(14-10)13(17)18/h4-6,14H,1-3H3,(H,17,18). The maximum Gasteiger partial charge on any atom is 0.352 e. The number of carboxylic acid groups (broad SMARTS) is 1. The van der Waals surface area contributed by atoms with E-state index >= 15 is 0 Å². The predicted molar refractivity (Wildman–Crippen MR) is 70.9 cm³/mol. The number of H-pyrrole nitrogens is 1. The van der Waals surface area contributed by atoms with E-state index in [9.17, 15) is 9.59 Å². The number of hydrogen-bond acceptors (Lipinski definition) is 4. The molecule has 1 aromatic heterocycles. The van der Waals surface area contributed by atoms with Crippen molar-refractivity contribution >= 4 is 28.5 Å². The maximum absolute atomic E-state index is 11.0. The number of hydrogen-bond donors (Lipinski definition) is 2. The van der Waals surface area contributed by atoms with Gasteiger partial charge in [0.1, 0.15) is 11.4 Å². The average molecular weight is 262 g/mol. The zero-order valence-corrected chi connectivity index (χ0v) is 10.9. The van der Waals surface area contributed by atoms with E-state index in [4.69, 9.17) is 9.84 Å². The number of nitrogens with one attached hydrogen (secondary N) is 1. The van der Waals surface area contributed by atoms with Gasteiger partial charge < -0.3 is 19.7 Å². The number of anilines is 1. The van der Waals surface area contributed by atoms with Gasteiger partial charge in [0.2, 0.25) is 0 Å². The molecule has 2 rings (SSSR count). The maximum atomic E-state index is 11.0. The monoisotopic (exact) mass is 262 g/mol. The number of aromatic nitrogens is 1. The number of aromatic amines is 1. The fourth-order valence-corrected chi connectivity index (χ4v) is 1.90. The molecule has 0 atom stereocenters. The molecule has 0 saturated carbocycles. The minimum atomic E-state index is -1.03. The van der Waals surface area contributed by atoms with Gasteiger partial charge in [0.25, 0.3) is 0 Å². The van der Waals surface area contributed by atoms with Gasteiger partial charge in [-0.15, -0.1) is 0 Å². The lowest BCUT2D eigenvalue weighted by molar-refractivity contribution is -0.131. The van der Waals surface area contributed by atoms with Crippen molar-refractivity contribution in [2.45, 2.75) is 6.92 Å². The average Bonchev–Trinajstić information content (AvgIpc) is 2.70. The number of fused-ring (bicyclic) bond motifs is 1. The lowest BCUT2D eigenvalue weighted by Crippen LogP contribution is -2.10. The van der Waals surface area contributed by atoms with Crippen LogP contribution >= 0.6 is 0 Å². The molecule has 0 aliphatic heterocycles. The molecule has 0 radical (unpaired) electrons. The Kier molecular flexibility index (Phi) is 3.16. The van der Waals surface area contributed by atoms with Crippen molar-refractivity contribution in [3.8, 4) is 5.75 Å². The van der Waals surface area contributed by atoms with Crippen LogP contribution in [-0.2, 0) is 4.79 Å². The first-order valence-corrected chi connectivity index (χ1v) is 5.64. The number of rotatable bonds is 3. The third-order valence-corrected chi connectivity index (χ3v) is 2.66. The molecule has 0 saturated heterocycles. The first kappa shape index (κ1) is 12.9. The Hall–Kier alpha value is -2.50. The summed E-state index contributed by atoms with van der Waals surface area (Å²) in [6, 6.07) is 4.87. The van der Waals surface area contributed by atoms with E-state index in [1.54, 1.807) is 18.2 Å². The van der Waals surface area contributed by atoms with E-state index in [0.717, 1.165) is 11.1 Å². The van der Waals surface area contributed by atoms with Crippen molar-refractivity contribution in [3.63, 3.8) is 0 Å². The molecule has 6 nitrogen and oxygen atoms in total. The highest BCUT2D eigenvalue weighted by atomic mass is 16.5. The Morgan fingerprint density at radius 3 is 2.47 bits per heavy atom. The van der Waals surface area contributed by atoms with Gasteiger partial charge in [-0.25, -0.2) is 4.79 Å². The van der Waals surface area contributed by atoms with Gasteiger partial charge >= 0.3 is 11.9 Å². The van der Waals surface area contributed by atoms with Gasteiger partial charge in [-0.2, -0.15) is 0 Å².